The molecule has 1 fully saturated rings. The van der Waals surface area contributed by atoms with E-state index in [9.17, 15) is 4.79 Å². The zero-order valence-corrected chi connectivity index (χ0v) is 10.9. The summed E-state index contributed by atoms with van der Waals surface area (Å²) < 4.78 is 5.07. The minimum atomic E-state index is 0.266. The Hall–Kier alpha value is -0.410. The van der Waals surface area contributed by atoms with Gasteiger partial charge in [0.25, 0.3) is 0 Å². The van der Waals surface area contributed by atoms with Crippen molar-refractivity contribution in [1.29, 1.82) is 0 Å². The number of hydrogen-bond acceptors (Lipinski definition) is 3. The summed E-state index contributed by atoms with van der Waals surface area (Å²) in [4.78, 5) is 13.6. The average molecular weight is 227 g/mol. The Morgan fingerprint density at radius 1 is 1.25 bits per heavy atom. The fourth-order valence-corrected chi connectivity index (χ4v) is 2.62. The fourth-order valence-electron chi connectivity index (χ4n) is 2.62. The van der Waals surface area contributed by atoms with Crippen LogP contribution in [0, 0.1) is 0 Å². The van der Waals surface area contributed by atoms with Crippen molar-refractivity contribution in [1.82, 2.24) is 4.90 Å². The van der Waals surface area contributed by atoms with Crippen molar-refractivity contribution in [2.75, 3.05) is 27.8 Å². The molecule has 94 valence electrons. The quantitative estimate of drug-likeness (QED) is 0.652. The van der Waals surface area contributed by atoms with E-state index in [0.717, 1.165) is 38.7 Å². The topological polar surface area (TPSA) is 29.5 Å². The van der Waals surface area contributed by atoms with E-state index in [0.29, 0.717) is 5.78 Å². The molecule has 0 unspecified atom stereocenters. The summed E-state index contributed by atoms with van der Waals surface area (Å²) in [7, 11) is 6.04. The van der Waals surface area contributed by atoms with E-state index in [4.69, 9.17) is 4.74 Å². The molecule has 1 rings (SSSR count). The molecule has 0 radical (unpaired) electrons. The highest BCUT2D eigenvalue weighted by molar-refractivity contribution is 5.79. The molecule has 0 heterocycles. The minimum absolute atomic E-state index is 0.266. The number of carbonyl (C=O) groups excluding carboxylic acids is 1. The molecule has 0 aromatic heterocycles. The van der Waals surface area contributed by atoms with Crippen LogP contribution < -0.4 is 0 Å². The standard InChI is InChI=1S/C13H25NO2/c1-14(2)13(8-4-5-11-16-3)9-6-12(15)7-10-13/h4-11H2,1-3H3. The van der Waals surface area contributed by atoms with Gasteiger partial charge in [0.1, 0.15) is 5.78 Å². The van der Waals surface area contributed by atoms with Crippen molar-refractivity contribution in [2.24, 2.45) is 0 Å². The van der Waals surface area contributed by atoms with Gasteiger partial charge in [0.2, 0.25) is 0 Å². The monoisotopic (exact) mass is 227 g/mol. The van der Waals surface area contributed by atoms with Gasteiger partial charge in [-0.3, -0.25) is 4.79 Å². The van der Waals surface area contributed by atoms with Gasteiger partial charge in [0, 0.05) is 32.1 Å². The molecule has 1 aliphatic carbocycles. The van der Waals surface area contributed by atoms with E-state index in [1.54, 1.807) is 7.11 Å². The Kier molecular flexibility index (Phi) is 5.42. The smallest absolute Gasteiger partial charge is 0.133 e. The molecule has 3 nitrogen and oxygen atoms in total. The van der Waals surface area contributed by atoms with Crippen LogP contribution in [0.1, 0.15) is 44.9 Å². The van der Waals surface area contributed by atoms with Crippen molar-refractivity contribution in [3.63, 3.8) is 0 Å². The van der Waals surface area contributed by atoms with Gasteiger partial charge in [-0.2, -0.15) is 0 Å². The number of rotatable bonds is 6. The lowest BCUT2D eigenvalue weighted by atomic mass is 9.77. The van der Waals surface area contributed by atoms with Crippen LogP contribution >= 0.6 is 0 Å². The predicted molar refractivity (Wildman–Crippen MR) is 65.6 cm³/mol. The lowest BCUT2D eigenvalue weighted by molar-refractivity contribution is -0.122. The van der Waals surface area contributed by atoms with Crippen LogP contribution in [0.4, 0.5) is 0 Å². The number of hydrogen-bond donors (Lipinski definition) is 0. The Balaban J connectivity index is 2.43. The van der Waals surface area contributed by atoms with Gasteiger partial charge in [-0.1, -0.05) is 0 Å². The highest BCUT2D eigenvalue weighted by Gasteiger charge is 2.35. The van der Waals surface area contributed by atoms with E-state index in [1.807, 2.05) is 0 Å². The predicted octanol–water partition coefficient (Wildman–Crippen LogP) is 2.25. The third kappa shape index (κ3) is 3.56. The zero-order chi connectivity index (χ0) is 12.0. The molecule has 0 aliphatic heterocycles. The molecule has 1 saturated carbocycles. The van der Waals surface area contributed by atoms with Crippen molar-refractivity contribution < 1.29 is 9.53 Å². The molecular formula is C13H25NO2. The second kappa shape index (κ2) is 6.36. The molecule has 3 heteroatoms. The van der Waals surface area contributed by atoms with Crippen LogP contribution in [-0.2, 0) is 9.53 Å². The molecule has 0 atom stereocenters. The normalized spacial score (nSPS) is 20.4. The van der Waals surface area contributed by atoms with E-state index >= 15 is 0 Å². The molecule has 1 aliphatic rings. The van der Waals surface area contributed by atoms with Gasteiger partial charge in [0.05, 0.1) is 0 Å². The summed E-state index contributed by atoms with van der Waals surface area (Å²) in [6, 6.07) is 0. The summed E-state index contributed by atoms with van der Waals surface area (Å²) in [5, 5.41) is 0. The zero-order valence-electron chi connectivity index (χ0n) is 10.9. The van der Waals surface area contributed by atoms with E-state index < -0.39 is 0 Å². The maximum atomic E-state index is 11.3. The lowest BCUT2D eigenvalue weighted by Crippen LogP contribution is -2.47. The van der Waals surface area contributed by atoms with Crippen LogP contribution in [0.5, 0.6) is 0 Å². The van der Waals surface area contributed by atoms with Gasteiger partial charge in [0.15, 0.2) is 0 Å². The first-order valence-corrected chi connectivity index (χ1v) is 6.29. The highest BCUT2D eigenvalue weighted by atomic mass is 16.5. The number of unbranched alkanes of at least 4 members (excludes halogenated alkanes) is 1. The fraction of sp³-hybridized carbons (Fsp3) is 0.923. The van der Waals surface area contributed by atoms with Crippen molar-refractivity contribution in [3.8, 4) is 0 Å². The lowest BCUT2D eigenvalue weighted by Gasteiger charge is -2.43. The molecule has 0 aromatic rings. The average Bonchev–Trinajstić information content (AvgIpc) is 2.27. The number of carbonyl (C=O) groups is 1. The van der Waals surface area contributed by atoms with Gasteiger partial charge < -0.3 is 9.64 Å². The van der Waals surface area contributed by atoms with Crippen molar-refractivity contribution in [3.05, 3.63) is 0 Å². The summed E-state index contributed by atoms with van der Waals surface area (Å²) in [6.45, 7) is 0.850. The largest absolute Gasteiger partial charge is 0.385 e. The molecule has 0 amide bonds. The Morgan fingerprint density at radius 2 is 1.88 bits per heavy atom. The molecule has 0 aromatic carbocycles. The summed E-state index contributed by atoms with van der Waals surface area (Å²) >= 11 is 0. The second-order valence-electron chi connectivity index (χ2n) is 5.11. The van der Waals surface area contributed by atoms with Gasteiger partial charge >= 0.3 is 0 Å². The minimum Gasteiger partial charge on any atom is -0.385 e. The number of Topliss-reactive ketones (excluding diaryl/α,β-unsaturated/α-hetero) is 1. The molecule has 0 N–H and O–H groups in total. The van der Waals surface area contributed by atoms with Gasteiger partial charge in [-0.15, -0.1) is 0 Å². The third-order valence-corrected chi connectivity index (χ3v) is 3.93. The molecule has 0 saturated heterocycles. The second-order valence-corrected chi connectivity index (χ2v) is 5.11. The molecule has 16 heavy (non-hydrogen) atoms. The first-order valence-electron chi connectivity index (χ1n) is 6.29. The van der Waals surface area contributed by atoms with Crippen LogP contribution in [0.15, 0.2) is 0 Å². The molecular weight excluding hydrogens is 202 g/mol. The molecule has 0 spiro atoms. The maximum absolute atomic E-state index is 11.3. The highest BCUT2D eigenvalue weighted by Crippen LogP contribution is 2.34. The van der Waals surface area contributed by atoms with E-state index in [2.05, 4.69) is 19.0 Å². The Labute approximate surface area is 99.1 Å². The van der Waals surface area contributed by atoms with Gasteiger partial charge in [-0.25, -0.2) is 0 Å². The molecule has 0 bridgehead atoms. The maximum Gasteiger partial charge on any atom is 0.133 e. The Bertz CT molecular complexity index is 216. The van der Waals surface area contributed by atoms with Crippen molar-refractivity contribution in [2.45, 2.75) is 50.5 Å². The summed E-state index contributed by atoms with van der Waals surface area (Å²) in [6.07, 6.45) is 7.11. The summed E-state index contributed by atoms with van der Waals surface area (Å²) in [5.74, 6) is 0.439. The number of ether oxygens (including phenoxy) is 1. The van der Waals surface area contributed by atoms with E-state index in [-0.39, 0.29) is 5.54 Å². The van der Waals surface area contributed by atoms with Crippen LogP contribution in [0.3, 0.4) is 0 Å². The van der Waals surface area contributed by atoms with Crippen LogP contribution in [0.25, 0.3) is 0 Å². The first kappa shape index (κ1) is 13.7. The van der Waals surface area contributed by atoms with Gasteiger partial charge in [-0.05, 0) is 46.2 Å². The van der Waals surface area contributed by atoms with Crippen LogP contribution in [-0.4, -0.2) is 44.0 Å². The third-order valence-electron chi connectivity index (χ3n) is 3.93. The summed E-state index contributed by atoms with van der Waals surface area (Å²) in [5.41, 5.74) is 0.266. The first-order chi connectivity index (χ1) is 7.60. The number of methoxy groups -OCH3 is 1. The SMILES string of the molecule is COCCCCC1(N(C)C)CCC(=O)CC1. The van der Waals surface area contributed by atoms with Crippen LogP contribution in [0.2, 0.25) is 0 Å². The number of nitrogens with zero attached hydrogens (tertiary/aromatic N) is 1. The number of ketones is 1. The Morgan fingerprint density at radius 3 is 2.38 bits per heavy atom. The van der Waals surface area contributed by atoms with Crippen molar-refractivity contribution >= 4 is 5.78 Å². The van der Waals surface area contributed by atoms with E-state index in [1.165, 1.54) is 12.8 Å².